The van der Waals surface area contributed by atoms with Gasteiger partial charge in [0.1, 0.15) is 22.8 Å². The van der Waals surface area contributed by atoms with Gasteiger partial charge < -0.3 is 20.1 Å². The minimum atomic E-state index is -1.23. The first-order chi connectivity index (χ1) is 16.1. The van der Waals surface area contributed by atoms with Crippen molar-refractivity contribution in [2.75, 3.05) is 25.6 Å². The Morgan fingerprint density at radius 3 is 2.56 bits per heavy atom. The van der Waals surface area contributed by atoms with E-state index in [9.17, 15) is 19.2 Å². The Kier molecular flexibility index (Phi) is 7.61. The average molecular weight is 488 g/mol. The van der Waals surface area contributed by atoms with E-state index in [1.54, 1.807) is 19.9 Å². The van der Waals surface area contributed by atoms with Crippen LogP contribution in [0, 0.1) is 6.92 Å². The third-order valence-electron chi connectivity index (χ3n) is 5.68. The summed E-state index contributed by atoms with van der Waals surface area (Å²) in [5.74, 6) is -1.01. The lowest BCUT2D eigenvalue weighted by Gasteiger charge is -2.22. The molecule has 1 atom stereocenters. The molecule has 0 aliphatic carbocycles. The van der Waals surface area contributed by atoms with Gasteiger partial charge >= 0.3 is 12.0 Å². The molecule has 2 aromatic rings. The number of rotatable bonds is 9. The molecular weight excluding hydrogens is 458 g/mol. The Balaban J connectivity index is 1.76. The predicted molar refractivity (Wildman–Crippen MR) is 128 cm³/mol. The molecule has 2 heterocycles. The normalized spacial score (nSPS) is 17.5. The number of hydrogen-bond acceptors (Lipinski definition) is 7. The first-order valence-corrected chi connectivity index (χ1v) is 11.8. The Labute approximate surface area is 202 Å². The van der Waals surface area contributed by atoms with Crippen LogP contribution in [-0.2, 0) is 27.2 Å². The molecule has 0 bridgehead atoms. The number of ether oxygens (including phenoxy) is 2. The summed E-state index contributed by atoms with van der Waals surface area (Å²) >= 11 is 1.26. The second kappa shape index (κ2) is 10.3. The highest BCUT2D eigenvalue weighted by atomic mass is 32.1. The van der Waals surface area contributed by atoms with Gasteiger partial charge in [-0.05, 0) is 44.4 Å². The molecule has 0 unspecified atom stereocenters. The lowest BCUT2D eigenvalue weighted by molar-refractivity contribution is -0.133. The van der Waals surface area contributed by atoms with E-state index in [2.05, 4.69) is 10.6 Å². The molecule has 1 saturated heterocycles. The lowest BCUT2D eigenvalue weighted by Crippen LogP contribution is -2.46. The zero-order valence-electron chi connectivity index (χ0n) is 19.9. The number of aryl methyl sites for hydroxylation is 1. The van der Waals surface area contributed by atoms with Gasteiger partial charge in [0, 0.05) is 11.3 Å². The molecule has 1 aromatic heterocycles. The number of amides is 4. The molecule has 2 N–H and O–H groups in total. The number of methoxy groups -OCH3 is 1. The third kappa shape index (κ3) is 4.91. The SMILES string of the molecule is CCOC(=O)c1c(NC(=O)CN2C(=O)N[C@](C)(Cc3ccccc3OC)C2=O)sc(C)c1CC. The van der Waals surface area contributed by atoms with Crippen LogP contribution >= 0.6 is 11.3 Å². The van der Waals surface area contributed by atoms with Gasteiger partial charge in [-0.1, -0.05) is 25.1 Å². The highest BCUT2D eigenvalue weighted by Crippen LogP contribution is 2.34. The van der Waals surface area contributed by atoms with E-state index in [0.29, 0.717) is 22.7 Å². The number of benzene rings is 1. The van der Waals surface area contributed by atoms with Crippen molar-refractivity contribution in [3.63, 3.8) is 0 Å². The third-order valence-corrected chi connectivity index (χ3v) is 6.74. The number of thiophene rings is 1. The van der Waals surface area contributed by atoms with Crippen LogP contribution in [-0.4, -0.2) is 54.5 Å². The summed E-state index contributed by atoms with van der Waals surface area (Å²) in [5, 5.41) is 5.74. The summed E-state index contributed by atoms with van der Waals surface area (Å²) in [7, 11) is 1.54. The van der Waals surface area contributed by atoms with Crippen molar-refractivity contribution < 1.29 is 28.7 Å². The smallest absolute Gasteiger partial charge is 0.341 e. The average Bonchev–Trinajstić information content (AvgIpc) is 3.21. The van der Waals surface area contributed by atoms with Crippen LogP contribution in [0.2, 0.25) is 0 Å². The van der Waals surface area contributed by atoms with Gasteiger partial charge in [-0.2, -0.15) is 0 Å². The van der Waals surface area contributed by atoms with Crippen molar-refractivity contribution in [2.45, 2.75) is 46.1 Å². The van der Waals surface area contributed by atoms with Gasteiger partial charge in [0.25, 0.3) is 5.91 Å². The molecule has 1 aromatic carbocycles. The van der Waals surface area contributed by atoms with Crippen LogP contribution in [0.1, 0.15) is 47.1 Å². The van der Waals surface area contributed by atoms with Gasteiger partial charge in [-0.15, -0.1) is 11.3 Å². The maximum absolute atomic E-state index is 13.1. The number of para-hydroxylation sites is 1. The highest BCUT2D eigenvalue weighted by Gasteiger charge is 2.48. The van der Waals surface area contributed by atoms with E-state index in [1.807, 2.05) is 32.0 Å². The molecule has 3 rings (SSSR count). The van der Waals surface area contributed by atoms with Crippen molar-refractivity contribution in [3.05, 3.63) is 45.8 Å². The number of hydrogen-bond donors (Lipinski definition) is 2. The van der Waals surface area contributed by atoms with E-state index >= 15 is 0 Å². The number of urea groups is 1. The maximum atomic E-state index is 13.1. The molecule has 182 valence electrons. The second-order valence-corrected chi connectivity index (χ2v) is 9.33. The summed E-state index contributed by atoms with van der Waals surface area (Å²) < 4.78 is 10.5. The first kappa shape index (κ1) is 25.2. The Morgan fingerprint density at radius 1 is 1.21 bits per heavy atom. The number of esters is 1. The largest absolute Gasteiger partial charge is 0.496 e. The van der Waals surface area contributed by atoms with Gasteiger partial charge in [0.15, 0.2) is 0 Å². The topological polar surface area (TPSA) is 114 Å². The molecule has 10 heteroatoms. The molecular formula is C24H29N3O6S. The summed E-state index contributed by atoms with van der Waals surface area (Å²) in [6, 6.07) is 6.58. The first-order valence-electron chi connectivity index (χ1n) is 11.0. The molecule has 4 amide bonds. The number of carbonyl (C=O) groups is 4. The van der Waals surface area contributed by atoms with Gasteiger partial charge in [-0.3, -0.25) is 14.5 Å². The van der Waals surface area contributed by atoms with Crippen LogP contribution in [0.3, 0.4) is 0 Å². The quantitative estimate of drug-likeness (QED) is 0.414. The van der Waals surface area contributed by atoms with E-state index in [1.165, 1.54) is 18.4 Å². The van der Waals surface area contributed by atoms with E-state index in [4.69, 9.17) is 9.47 Å². The highest BCUT2D eigenvalue weighted by molar-refractivity contribution is 7.16. The van der Waals surface area contributed by atoms with Crippen LogP contribution in [0.25, 0.3) is 0 Å². The number of anilines is 1. The van der Waals surface area contributed by atoms with Crippen LogP contribution in [0.4, 0.5) is 9.80 Å². The Morgan fingerprint density at radius 2 is 1.91 bits per heavy atom. The monoisotopic (exact) mass is 487 g/mol. The lowest BCUT2D eigenvalue weighted by atomic mass is 9.92. The van der Waals surface area contributed by atoms with Crippen molar-refractivity contribution in [2.24, 2.45) is 0 Å². The van der Waals surface area contributed by atoms with Crippen LogP contribution in [0.15, 0.2) is 24.3 Å². The fraction of sp³-hybridized carbons (Fsp3) is 0.417. The summed E-state index contributed by atoms with van der Waals surface area (Å²) in [6.45, 7) is 6.83. The predicted octanol–water partition coefficient (Wildman–Crippen LogP) is 3.30. The van der Waals surface area contributed by atoms with Crippen molar-refractivity contribution in [3.8, 4) is 5.75 Å². The van der Waals surface area contributed by atoms with Crippen LogP contribution < -0.4 is 15.4 Å². The van der Waals surface area contributed by atoms with Crippen molar-refractivity contribution >= 4 is 40.2 Å². The molecule has 9 nitrogen and oxygen atoms in total. The fourth-order valence-corrected chi connectivity index (χ4v) is 5.21. The fourth-order valence-electron chi connectivity index (χ4n) is 4.06. The number of carbonyl (C=O) groups excluding carboxylic acids is 4. The van der Waals surface area contributed by atoms with E-state index in [-0.39, 0.29) is 13.0 Å². The minimum absolute atomic E-state index is 0.205. The van der Waals surface area contributed by atoms with Crippen molar-refractivity contribution in [1.29, 1.82) is 0 Å². The molecule has 0 saturated carbocycles. The molecule has 0 radical (unpaired) electrons. The second-order valence-electron chi connectivity index (χ2n) is 8.11. The molecule has 1 aliphatic heterocycles. The van der Waals surface area contributed by atoms with Crippen LogP contribution in [0.5, 0.6) is 5.75 Å². The van der Waals surface area contributed by atoms with Crippen molar-refractivity contribution in [1.82, 2.24) is 10.2 Å². The zero-order valence-corrected chi connectivity index (χ0v) is 20.8. The number of nitrogens with zero attached hydrogens (tertiary/aromatic N) is 1. The molecule has 34 heavy (non-hydrogen) atoms. The van der Waals surface area contributed by atoms with E-state index < -0.39 is 35.9 Å². The standard InChI is InChI=1S/C24H29N3O6S/c1-6-16-14(3)34-20(19(16)21(29)33-7-2)25-18(28)13-27-22(30)24(4,26-23(27)31)12-15-10-8-9-11-17(15)32-5/h8-11H,6-7,12-13H2,1-5H3,(H,25,28)(H,26,31)/t24-/m1/s1. The zero-order chi connectivity index (χ0) is 25.0. The number of nitrogens with one attached hydrogen (secondary N) is 2. The van der Waals surface area contributed by atoms with E-state index in [0.717, 1.165) is 20.9 Å². The van der Waals surface area contributed by atoms with Gasteiger partial charge in [0.2, 0.25) is 5.91 Å². The molecule has 0 spiro atoms. The van der Waals surface area contributed by atoms with Gasteiger partial charge in [-0.25, -0.2) is 9.59 Å². The molecule has 1 fully saturated rings. The van der Waals surface area contributed by atoms with Gasteiger partial charge in [0.05, 0.1) is 19.3 Å². The Bertz CT molecular complexity index is 1130. The Hall–Kier alpha value is -3.40. The summed E-state index contributed by atoms with van der Waals surface area (Å²) in [4.78, 5) is 52.8. The maximum Gasteiger partial charge on any atom is 0.341 e. The number of imide groups is 1. The minimum Gasteiger partial charge on any atom is -0.496 e. The molecule has 1 aliphatic rings. The summed E-state index contributed by atoms with van der Waals surface area (Å²) in [5.41, 5.74) is 0.654. The summed E-state index contributed by atoms with van der Waals surface area (Å²) in [6.07, 6.45) is 0.803.